The molecule has 35 heavy (non-hydrogen) atoms. The highest BCUT2D eigenvalue weighted by Gasteiger charge is 2.36. The maximum Gasteiger partial charge on any atom is 0.273 e. The Morgan fingerprint density at radius 3 is 2.77 bits per heavy atom. The van der Waals surface area contributed by atoms with Gasteiger partial charge in [0.15, 0.2) is 11.5 Å². The second kappa shape index (κ2) is 10.7. The van der Waals surface area contributed by atoms with Crippen LogP contribution in [-0.4, -0.2) is 52.5 Å². The third kappa shape index (κ3) is 5.71. The molecule has 2 N–H and O–H groups in total. The highest BCUT2D eigenvalue weighted by molar-refractivity contribution is 5.94. The van der Waals surface area contributed by atoms with Crippen LogP contribution < -0.4 is 10.6 Å². The second-order valence-corrected chi connectivity index (χ2v) is 8.55. The van der Waals surface area contributed by atoms with E-state index in [1.165, 1.54) is 12.1 Å². The maximum atomic E-state index is 14.1. The summed E-state index contributed by atoms with van der Waals surface area (Å²) in [4.78, 5) is 32.6. The van der Waals surface area contributed by atoms with Crippen LogP contribution in [0.3, 0.4) is 0 Å². The molecule has 8 nitrogen and oxygen atoms in total. The highest BCUT2D eigenvalue weighted by atomic mass is 19.1. The molecule has 4 rings (SSSR count). The van der Waals surface area contributed by atoms with E-state index in [2.05, 4.69) is 25.7 Å². The lowest BCUT2D eigenvalue weighted by atomic mass is 9.90. The van der Waals surface area contributed by atoms with E-state index < -0.39 is 29.5 Å². The molecule has 2 aromatic heterocycles. The summed E-state index contributed by atoms with van der Waals surface area (Å²) in [7, 11) is 0. The van der Waals surface area contributed by atoms with Gasteiger partial charge in [0, 0.05) is 37.5 Å². The zero-order valence-corrected chi connectivity index (χ0v) is 19.5. The van der Waals surface area contributed by atoms with Crippen LogP contribution in [-0.2, 0) is 4.79 Å². The van der Waals surface area contributed by atoms with E-state index in [-0.39, 0.29) is 29.0 Å². The molecule has 2 amide bonds. The molecule has 0 bridgehead atoms. The number of hydrogen-bond acceptors (Lipinski definition) is 6. The number of amides is 2. The number of pyridine rings is 1. The first-order chi connectivity index (χ1) is 16.9. The van der Waals surface area contributed by atoms with E-state index in [9.17, 15) is 18.4 Å². The van der Waals surface area contributed by atoms with Crippen LogP contribution in [0, 0.1) is 17.6 Å². The summed E-state index contributed by atoms with van der Waals surface area (Å²) in [5, 5.41) is 9.64. The Morgan fingerprint density at radius 2 is 2.06 bits per heavy atom. The van der Waals surface area contributed by atoms with Crippen LogP contribution in [0.15, 0.2) is 53.2 Å². The van der Waals surface area contributed by atoms with Crippen LogP contribution >= 0.6 is 0 Å². The lowest BCUT2D eigenvalue weighted by molar-refractivity contribution is -0.128. The Bertz CT molecular complexity index is 1190. The molecule has 3 heterocycles. The molecule has 0 spiro atoms. The van der Waals surface area contributed by atoms with Crippen molar-refractivity contribution in [1.29, 1.82) is 0 Å². The normalized spacial score (nSPS) is 19.2. The van der Waals surface area contributed by atoms with Crippen LogP contribution in [0.25, 0.3) is 11.3 Å². The van der Waals surface area contributed by atoms with Gasteiger partial charge in [-0.1, -0.05) is 18.1 Å². The number of carbonyl (C=O) groups excluding carboxylic acids is 2. The zero-order chi connectivity index (χ0) is 24.9. The predicted octanol–water partition coefficient (Wildman–Crippen LogP) is 3.33. The Labute approximate surface area is 201 Å². The molecule has 1 saturated heterocycles. The minimum atomic E-state index is -0.821. The first kappa shape index (κ1) is 24.5. The van der Waals surface area contributed by atoms with Gasteiger partial charge in [-0.3, -0.25) is 14.6 Å². The number of nitrogens with one attached hydrogen (secondary N) is 2. The third-order valence-electron chi connectivity index (χ3n) is 6.23. The lowest BCUT2D eigenvalue weighted by Gasteiger charge is -2.37. The Morgan fingerprint density at radius 1 is 1.23 bits per heavy atom. The third-order valence-corrected chi connectivity index (χ3v) is 6.23. The van der Waals surface area contributed by atoms with Gasteiger partial charge in [0.2, 0.25) is 5.91 Å². The molecule has 10 heteroatoms. The zero-order valence-electron chi connectivity index (χ0n) is 19.5. The van der Waals surface area contributed by atoms with Crippen LogP contribution in [0.1, 0.15) is 42.5 Å². The number of aromatic nitrogens is 2. The molecule has 1 unspecified atom stereocenters. The first-order valence-corrected chi connectivity index (χ1v) is 11.5. The van der Waals surface area contributed by atoms with Gasteiger partial charge in [0.1, 0.15) is 11.6 Å². The van der Waals surface area contributed by atoms with Crippen LogP contribution in [0.4, 0.5) is 8.78 Å². The van der Waals surface area contributed by atoms with Gasteiger partial charge in [-0.15, -0.1) is 0 Å². The van der Waals surface area contributed by atoms with Gasteiger partial charge in [0.05, 0.1) is 23.2 Å². The minimum absolute atomic E-state index is 0.00466. The topological polar surface area (TPSA) is 100 Å². The van der Waals surface area contributed by atoms with Gasteiger partial charge in [-0.05, 0) is 44.2 Å². The maximum absolute atomic E-state index is 14.1. The van der Waals surface area contributed by atoms with E-state index in [0.717, 1.165) is 30.9 Å². The number of rotatable bonds is 7. The Balaban J connectivity index is 1.46. The van der Waals surface area contributed by atoms with Gasteiger partial charge < -0.3 is 20.1 Å². The molecule has 0 aliphatic carbocycles. The Kier molecular flexibility index (Phi) is 7.50. The van der Waals surface area contributed by atoms with Gasteiger partial charge in [-0.2, -0.15) is 0 Å². The number of carbonyl (C=O) groups is 2. The van der Waals surface area contributed by atoms with Crippen molar-refractivity contribution >= 4 is 11.8 Å². The highest BCUT2D eigenvalue weighted by Crippen LogP contribution is 2.25. The van der Waals surface area contributed by atoms with Gasteiger partial charge in [0.25, 0.3) is 5.91 Å². The molecule has 3 aromatic rings. The fourth-order valence-corrected chi connectivity index (χ4v) is 4.21. The average Bonchev–Trinajstić information content (AvgIpc) is 3.35. The van der Waals surface area contributed by atoms with E-state index in [1.807, 2.05) is 32.0 Å². The van der Waals surface area contributed by atoms with Crippen molar-refractivity contribution in [3.8, 4) is 11.3 Å². The Hall–Kier alpha value is -3.66. The summed E-state index contributed by atoms with van der Waals surface area (Å²) in [6.07, 6.45) is 2.25. The summed E-state index contributed by atoms with van der Waals surface area (Å²) in [5.74, 6) is -2.73. The van der Waals surface area contributed by atoms with E-state index in [4.69, 9.17) is 4.52 Å². The minimum Gasteiger partial charge on any atom is -0.355 e. The second-order valence-electron chi connectivity index (χ2n) is 8.55. The number of piperidine rings is 1. The van der Waals surface area contributed by atoms with E-state index in [1.54, 1.807) is 6.20 Å². The van der Waals surface area contributed by atoms with Crippen molar-refractivity contribution in [2.75, 3.05) is 19.6 Å². The van der Waals surface area contributed by atoms with Crippen LogP contribution in [0.5, 0.6) is 0 Å². The van der Waals surface area contributed by atoms with Crippen molar-refractivity contribution in [3.63, 3.8) is 0 Å². The standard InChI is InChI=1S/C25H27F2N5O3/c1-3-32-11-9-21(18(14-32)24(33)29-15(2)20-6-4-5-10-28-20)30-25(34)22-13-23(35-31-22)17-8-7-16(26)12-19(17)27/h4-8,10,12-13,15,18,21H,3,9,11,14H2,1-2H3,(H,29,33)(H,30,34)/t15?,18-,21-/m1/s1. The summed E-state index contributed by atoms with van der Waals surface area (Å²) in [5.41, 5.74) is 0.686. The predicted molar refractivity (Wildman–Crippen MR) is 124 cm³/mol. The molecular weight excluding hydrogens is 456 g/mol. The number of hydrogen-bond donors (Lipinski definition) is 2. The van der Waals surface area contributed by atoms with E-state index >= 15 is 0 Å². The fraction of sp³-hybridized carbons (Fsp3) is 0.360. The molecule has 0 radical (unpaired) electrons. The van der Waals surface area contributed by atoms with E-state index in [0.29, 0.717) is 13.0 Å². The molecule has 1 aromatic carbocycles. The average molecular weight is 484 g/mol. The first-order valence-electron chi connectivity index (χ1n) is 11.5. The van der Waals surface area contributed by atoms with Crippen molar-refractivity contribution in [2.45, 2.75) is 32.4 Å². The summed E-state index contributed by atoms with van der Waals surface area (Å²) >= 11 is 0. The molecule has 1 aliphatic rings. The monoisotopic (exact) mass is 483 g/mol. The molecule has 1 aliphatic heterocycles. The smallest absolute Gasteiger partial charge is 0.273 e. The van der Waals surface area contributed by atoms with Gasteiger partial charge in [-0.25, -0.2) is 8.78 Å². The van der Waals surface area contributed by atoms with Crippen LogP contribution in [0.2, 0.25) is 0 Å². The summed E-state index contributed by atoms with van der Waals surface area (Å²) in [6, 6.07) is 9.13. The summed E-state index contributed by atoms with van der Waals surface area (Å²) < 4.78 is 32.4. The summed E-state index contributed by atoms with van der Waals surface area (Å²) in [6.45, 7) is 5.89. The number of benzene rings is 1. The number of nitrogens with zero attached hydrogens (tertiary/aromatic N) is 3. The number of halogens is 2. The number of likely N-dealkylation sites (tertiary alicyclic amines) is 1. The lowest BCUT2D eigenvalue weighted by Crippen LogP contribution is -2.56. The van der Waals surface area contributed by atoms with Gasteiger partial charge >= 0.3 is 0 Å². The molecule has 184 valence electrons. The molecule has 1 fully saturated rings. The SMILES string of the molecule is CCN1CC[C@@H](NC(=O)c2cc(-c3ccc(F)cc3F)on2)[C@H](C(=O)NC(C)c2ccccn2)C1. The molecule has 0 saturated carbocycles. The van der Waals surface area contributed by atoms with Crippen molar-refractivity contribution < 1.29 is 22.9 Å². The van der Waals surface area contributed by atoms with Crippen molar-refractivity contribution in [2.24, 2.45) is 5.92 Å². The molecular formula is C25H27F2N5O3. The van der Waals surface area contributed by atoms with Crippen molar-refractivity contribution in [3.05, 3.63) is 71.7 Å². The fourth-order valence-electron chi connectivity index (χ4n) is 4.21. The largest absolute Gasteiger partial charge is 0.355 e. The molecule has 3 atom stereocenters. The van der Waals surface area contributed by atoms with Crippen molar-refractivity contribution in [1.82, 2.24) is 25.7 Å². The quantitative estimate of drug-likeness (QED) is 0.535.